The minimum absolute atomic E-state index is 0.0197. The van der Waals surface area contributed by atoms with E-state index >= 15 is 0 Å². The number of aromatic nitrogens is 2. The zero-order valence-electron chi connectivity index (χ0n) is 11.3. The largest absolute Gasteiger partial charge is 0.387 e. The van der Waals surface area contributed by atoms with Crippen molar-refractivity contribution < 1.29 is 4.79 Å². The smallest absolute Gasteiger partial charge is 0.269 e. The van der Waals surface area contributed by atoms with Crippen molar-refractivity contribution in [3.63, 3.8) is 0 Å². The van der Waals surface area contributed by atoms with Crippen molar-refractivity contribution in [2.75, 3.05) is 25.5 Å². The normalized spacial score (nSPS) is 15.9. The van der Waals surface area contributed by atoms with Crippen LogP contribution in [0.4, 0.5) is 5.69 Å². The molecule has 1 aromatic heterocycles. The third kappa shape index (κ3) is 3.56. The highest BCUT2D eigenvalue weighted by atomic mass is 16.2. The van der Waals surface area contributed by atoms with Crippen LogP contribution in [-0.4, -0.2) is 40.7 Å². The maximum absolute atomic E-state index is 12.1. The number of rotatable bonds is 3. The Kier molecular flexibility index (Phi) is 4.54. The number of nitrogens with one attached hydrogen (secondary N) is 1. The maximum Gasteiger partial charge on any atom is 0.269 e. The molecule has 1 amide bonds. The second-order valence-electron chi connectivity index (χ2n) is 4.79. The fraction of sp³-hybridized carbons (Fsp3) is 0.615. The lowest BCUT2D eigenvalue weighted by atomic mass is 10.2. The number of carbonyl (C=O) groups is 1. The van der Waals surface area contributed by atoms with E-state index in [1.54, 1.807) is 13.2 Å². The van der Waals surface area contributed by atoms with Crippen LogP contribution in [0.3, 0.4) is 0 Å². The summed E-state index contributed by atoms with van der Waals surface area (Å²) in [5.41, 5.74) is 0.401. The summed E-state index contributed by atoms with van der Waals surface area (Å²) >= 11 is 0. The van der Waals surface area contributed by atoms with Gasteiger partial charge in [0, 0.05) is 26.2 Å². The lowest BCUT2D eigenvalue weighted by Crippen LogP contribution is -2.37. The van der Waals surface area contributed by atoms with E-state index in [-0.39, 0.29) is 18.0 Å². The standard InChI is InChI=1S/C13H20N4O2/c1-14-11-8-12(18)17(15-9-11)10-13(19)16-6-4-2-3-5-7-16/h8-9,14H,2-7,10H2,1H3. The average molecular weight is 264 g/mol. The van der Waals surface area contributed by atoms with Crippen molar-refractivity contribution in [3.8, 4) is 0 Å². The molecule has 0 spiro atoms. The Hall–Kier alpha value is -1.85. The molecule has 0 unspecified atom stereocenters. The average Bonchev–Trinajstić information content (AvgIpc) is 2.70. The summed E-state index contributed by atoms with van der Waals surface area (Å²) in [6, 6.07) is 1.45. The molecule has 1 aromatic rings. The Morgan fingerprint density at radius 1 is 1.32 bits per heavy atom. The Balaban J connectivity index is 2.03. The van der Waals surface area contributed by atoms with Gasteiger partial charge in [0.05, 0.1) is 11.9 Å². The fourth-order valence-electron chi connectivity index (χ4n) is 2.24. The first-order valence-electron chi connectivity index (χ1n) is 6.73. The predicted octanol–water partition coefficient (Wildman–Crippen LogP) is 0.688. The first kappa shape index (κ1) is 13.6. The van der Waals surface area contributed by atoms with Crippen LogP contribution in [0, 0.1) is 0 Å². The molecule has 6 heteroatoms. The van der Waals surface area contributed by atoms with Gasteiger partial charge in [0.15, 0.2) is 0 Å². The molecule has 0 atom stereocenters. The van der Waals surface area contributed by atoms with Gasteiger partial charge in [0.1, 0.15) is 6.54 Å². The summed E-state index contributed by atoms with van der Waals surface area (Å²) < 4.78 is 1.22. The molecule has 1 aliphatic rings. The van der Waals surface area contributed by atoms with Gasteiger partial charge in [-0.2, -0.15) is 5.10 Å². The van der Waals surface area contributed by atoms with Crippen LogP contribution in [-0.2, 0) is 11.3 Å². The number of hydrogen-bond donors (Lipinski definition) is 1. The monoisotopic (exact) mass is 264 g/mol. The van der Waals surface area contributed by atoms with Gasteiger partial charge >= 0.3 is 0 Å². The first-order valence-corrected chi connectivity index (χ1v) is 6.73. The number of hydrogen-bond acceptors (Lipinski definition) is 4. The van der Waals surface area contributed by atoms with Crippen LogP contribution in [0.25, 0.3) is 0 Å². The lowest BCUT2D eigenvalue weighted by Gasteiger charge is -2.20. The number of amides is 1. The molecule has 6 nitrogen and oxygen atoms in total. The van der Waals surface area contributed by atoms with Crippen LogP contribution in [0.1, 0.15) is 25.7 Å². The van der Waals surface area contributed by atoms with Crippen LogP contribution in [0.15, 0.2) is 17.1 Å². The summed E-state index contributed by atoms with van der Waals surface area (Å²) in [6.07, 6.45) is 6.01. The van der Waals surface area contributed by atoms with E-state index in [2.05, 4.69) is 10.4 Å². The highest BCUT2D eigenvalue weighted by molar-refractivity contribution is 5.75. The highest BCUT2D eigenvalue weighted by Crippen LogP contribution is 2.10. The van der Waals surface area contributed by atoms with Crippen LogP contribution < -0.4 is 10.9 Å². The Labute approximate surface area is 112 Å². The zero-order chi connectivity index (χ0) is 13.7. The van der Waals surface area contributed by atoms with Crippen molar-refractivity contribution >= 4 is 11.6 Å². The van der Waals surface area contributed by atoms with Crippen molar-refractivity contribution in [2.45, 2.75) is 32.2 Å². The zero-order valence-corrected chi connectivity index (χ0v) is 11.3. The van der Waals surface area contributed by atoms with Gasteiger partial charge in [-0.1, -0.05) is 12.8 Å². The van der Waals surface area contributed by atoms with Crippen molar-refractivity contribution in [3.05, 3.63) is 22.6 Å². The van der Waals surface area contributed by atoms with Gasteiger partial charge in [-0.3, -0.25) is 9.59 Å². The quantitative estimate of drug-likeness (QED) is 0.872. The van der Waals surface area contributed by atoms with Gasteiger partial charge < -0.3 is 10.2 Å². The second-order valence-corrected chi connectivity index (χ2v) is 4.79. The fourth-order valence-corrected chi connectivity index (χ4v) is 2.24. The van der Waals surface area contributed by atoms with E-state index < -0.39 is 0 Å². The molecule has 1 saturated heterocycles. The van der Waals surface area contributed by atoms with Crippen molar-refractivity contribution in [1.82, 2.24) is 14.7 Å². The van der Waals surface area contributed by atoms with Crippen LogP contribution in [0.2, 0.25) is 0 Å². The Bertz CT molecular complexity index is 490. The summed E-state index contributed by atoms with van der Waals surface area (Å²) in [4.78, 5) is 25.8. The molecule has 0 bridgehead atoms. The van der Waals surface area contributed by atoms with Gasteiger partial charge in [-0.05, 0) is 12.8 Å². The SMILES string of the molecule is CNc1cnn(CC(=O)N2CCCCCC2)c(=O)c1. The molecule has 2 rings (SSSR count). The molecule has 0 aromatic carbocycles. The van der Waals surface area contributed by atoms with E-state index in [0.29, 0.717) is 5.69 Å². The molecule has 0 radical (unpaired) electrons. The van der Waals surface area contributed by atoms with E-state index in [4.69, 9.17) is 0 Å². The van der Waals surface area contributed by atoms with Gasteiger partial charge in [-0.15, -0.1) is 0 Å². The van der Waals surface area contributed by atoms with Gasteiger partial charge in [0.2, 0.25) is 5.91 Å². The molecule has 1 N–H and O–H groups in total. The second kappa shape index (κ2) is 6.36. The molecule has 1 aliphatic heterocycles. The van der Waals surface area contributed by atoms with Crippen LogP contribution in [0.5, 0.6) is 0 Å². The molecule has 104 valence electrons. The lowest BCUT2D eigenvalue weighted by molar-refractivity contribution is -0.132. The Morgan fingerprint density at radius 2 is 2.00 bits per heavy atom. The first-order chi connectivity index (χ1) is 9.20. The van der Waals surface area contributed by atoms with Gasteiger partial charge in [0.25, 0.3) is 5.56 Å². The molecule has 0 aliphatic carbocycles. The van der Waals surface area contributed by atoms with E-state index in [9.17, 15) is 9.59 Å². The maximum atomic E-state index is 12.1. The molecular formula is C13H20N4O2. The molecule has 0 saturated carbocycles. The van der Waals surface area contributed by atoms with Crippen molar-refractivity contribution in [2.24, 2.45) is 0 Å². The topological polar surface area (TPSA) is 67.2 Å². The minimum Gasteiger partial charge on any atom is -0.387 e. The highest BCUT2D eigenvalue weighted by Gasteiger charge is 2.16. The summed E-state index contributed by atoms with van der Waals surface area (Å²) in [7, 11) is 1.73. The predicted molar refractivity (Wildman–Crippen MR) is 73.1 cm³/mol. The molecule has 1 fully saturated rings. The third-order valence-corrected chi connectivity index (χ3v) is 3.40. The molecular weight excluding hydrogens is 244 g/mol. The summed E-state index contributed by atoms with van der Waals surface area (Å²) in [5.74, 6) is -0.0197. The van der Waals surface area contributed by atoms with E-state index in [1.807, 2.05) is 4.90 Å². The Morgan fingerprint density at radius 3 is 2.58 bits per heavy atom. The number of carbonyl (C=O) groups excluding carboxylic acids is 1. The number of likely N-dealkylation sites (tertiary alicyclic amines) is 1. The summed E-state index contributed by atoms with van der Waals surface area (Å²) in [6.45, 7) is 1.62. The molecule has 19 heavy (non-hydrogen) atoms. The number of anilines is 1. The van der Waals surface area contributed by atoms with E-state index in [0.717, 1.165) is 25.9 Å². The van der Waals surface area contributed by atoms with Gasteiger partial charge in [-0.25, -0.2) is 4.68 Å². The molecule has 2 heterocycles. The van der Waals surface area contributed by atoms with Crippen LogP contribution >= 0.6 is 0 Å². The third-order valence-electron chi connectivity index (χ3n) is 3.40. The number of nitrogens with zero attached hydrogens (tertiary/aromatic N) is 3. The van der Waals surface area contributed by atoms with E-state index in [1.165, 1.54) is 23.6 Å². The summed E-state index contributed by atoms with van der Waals surface area (Å²) in [5, 5.41) is 6.85. The van der Waals surface area contributed by atoms with Crippen molar-refractivity contribution in [1.29, 1.82) is 0 Å². The minimum atomic E-state index is -0.255.